The van der Waals surface area contributed by atoms with E-state index in [0.29, 0.717) is 18.0 Å². The molecular weight excluding hydrogens is 254 g/mol. The van der Waals surface area contributed by atoms with E-state index >= 15 is 0 Å². The fourth-order valence-electron chi connectivity index (χ4n) is 2.30. The maximum atomic E-state index is 11.9. The summed E-state index contributed by atoms with van der Waals surface area (Å²) in [6, 6.07) is 7.63. The first-order valence-corrected chi connectivity index (χ1v) is 7.07. The van der Waals surface area contributed by atoms with Crippen LogP contribution in [0, 0.1) is 0 Å². The first-order valence-electron chi connectivity index (χ1n) is 7.07. The zero-order valence-electron chi connectivity index (χ0n) is 12.0. The van der Waals surface area contributed by atoms with Gasteiger partial charge in [0.1, 0.15) is 0 Å². The molecule has 0 aromatic heterocycles. The minimum Gasteiger partial charge on any atom is -0.465 e. The van der Waals surface area contributed by atoms with Crippen molar-refractivity contribution in [3.63, 3.8) is 0 Å². The standard InChI is InChI=1S/C16H21NO3/c1-11(10-15(18)17-14-4-3-5-14)12-6-8-13(9-7-12)16(19)20-2/h6-9,11,14H,3-5,10H2,1-2H3,(H,17,18). The van der Waals surface area contributed by atoms with Crippen LogP contribution in [0.5, 0.6) is 0 Å². The van der Waals surface area contributed by atoms with Gasteiger partial charge in [0.15, 0.2) is 0 Å². The fourth-order valence-corrected chi connectivity index (χ4v) is 2.30. The Morgan fingerprint density at radius 3 is 2.45 bits per heavy atom. The summed E-state index contributed by atoms with van der Waals surface area (Å²) >= 11 is 0. The number of hydrogen-bond acceptors (Lipinski definition) is 3. The lowest BCUT2D eigenvalue weighted by molar-refractivity contribution is -0.122. The molecule has 0 heterocycles. The summed E-state index contributed by atoms with van der Waals surface area (Å²) in [6.45, 7) is 2.02. The van der Waals surface area contributed by atoms with Gasteiger partial charge in [-0.05, 0) is 42.9 Å². The van der Waals surface area contributed by atoms with Crippen LogP contribution < -0.4 is 5.32 Å². The van der Waals surface area contributed by atoms with Gasteiger partial charge in [-0.1, -0.05) is 19.1 Å². The number of carbonyl (C=O) groups excluding carboxylic acids is 2. The molecule has 1 amide bonds. The Bertz CT molecular complexity index is 477. The van der Waals surface area contributed by atoms with Crippen LogP contribution in [0.1, 0.15) is 54.4 Å². The Labute approximate surface area is 119 Å². The van der Waals surface area contributed by atoms with Gasteiger partial charge in [-0.3, -0.25) is 4.79 Å². The third-order valence-corrected chi connectivity index (χ3v) is 3.86. The summed E-state index contributed by atoms with van der Waals surface area (Å²) in [5, 5.41) is 3.04. The van der Waals surface area contributed by atoms with Gasteiger partial charge in [-0.25, -0.2) is 4.79 Å². The van der Waals surface area contributed by atoms with Crippen LogP contribution in [0.2, 0.25) is 0 Å². The van der Waals surface area contributed by atoms with Gasteiger partial charge in [0.05, 0.1) is 12.7 Å². The molecule has 4 heteroatoms. The predicted octanol–water partition coefficient (Wildman–Crippen LogP) is 2.64. The number of ether oxygens (including phenoxy) is 1. The largest absolute Gasteiger partial charge is 0.465 e. The van der Waals surface area contributed by atoms with Gasteiger partial charge < -0.3 is 10.1 Å². The lowest BCUT2D eigenvalue weighted by Gasteiger charge is -2.27. The molecule has 1 aliphatic carbocycles. The average Bonchev–Trinajstić information content (AvgIpc) is 2.42. The van der Waals surface area contributed by atoms with Crippen molar-refractivity contribution >= 4 is 11.9 Å². The Hall–Kier alpha value is -1.84. The van der Waals surface area contributed by atoms with Crippen LogP contribution in [0.3, 0.4) is 0 Å². The Kier molecular flexibility index (Phi) is 4.77. The third-order valence-electron chi connectivity index (χ3n) is 3.86. The van der Waals surface area contributed by atoms with Crippen molar-refractivity contribution in [1.82, 2.24) is 5.32 Å². The zero-order chi connectivity index (χ0) is 14.5. The summed E-state index contributed by atoms with van der Waals surface area (Å²) in [4.78, 5) is 23.2. The summed E-state index contributed by atoms with van der Waals surface area (Å²) < 4.78 is 4.66. The molecule has 2 rings (SSSR count). The van der Waals surface area contributed by atoms with E-state index in [1.807, 2.05) is 19.1 Å². The predicted molar refractivity (Wildman–Crippen MR) is 76.6 cm³/mol. The lowest BCUT2D eigenvalue weighted by atomic mass is 9.92. The molecule has 0 saturated heterocycles. The number of benzene rings is 1. The summed E-state index contributed by atoms with van der Waals surface area (Å²) in [7, 11) is 1.36. The van der Waals surface area contributed by atoms with Gasteiger partial charge >= 0.3 is 5.97 Å². The maximum Gasteiger partial charge on any atom is 0.337 e. The number of carbonyl (C=O) groups is 2. The van der Waals surface area contributed by atoms with Crippen LogP contribution in [-0.4, -0.2) is 25.0 Å². The molecule has 1 saturated carbocycles. The van der Waals surface area contributed by atoms with E-state index in [4.69, 9.17) is 0 Å². The second-order valence-electron chi connectivity index (χ2n) is 5.41. The summed E-state index contributed by atoms with van der Waals surface area (Å²) in [6.07, 6.45) is 3.91. The van der Waals surface area contributed by atoms with E-state index in [-0.39, 0.29) is 17.8 Å². The molecule has 1 aliphatic rings. The number of rotatable bonds is 5. The molecule has 1 fully saturated rings. The highest BCUT2D eigenvalue weighted by atomic mass is 16.5. The van der Waals surface area contributed by atoms with E-state index in [0.717, 1.165) is 18.4 Å². The summed E-state index contributed by atoms with van der Waals surface area (Å²) in [5.74, 6) is -0.0899. The Morgan fingerprint density at radius 1 is 1.30 bits per heavy atom. The smallest absolute Gasteiger partial charge is 0.337 e. The molecule has 0 aliphatic heterocycles. The van der Waals surface area contributed by atoms with Crippen LogP contribution in [0.4, 0.5) is 0 Å². The quantitative estimate of drug-likeness (QED) is 0.840. The van der Waals surface area contributed by atoms with Gasteiger partial charge in [-0.2, -0.15) is 0 Å². The number of hydrogen-bond donors (Lipinski definition) is 1. The zero-order valence-corrected chi connectivity index (χ0v) is 12.0. The second kappa shape index (κ2) is 6.55. The van der Waals surface area contributed by atoms with Crippen LogP contribution in [0.15, 0.2) is 24.3 Å². The molecule has 1 aromatic rings. The van der Waals surface area contributed by atoms with Crippen LogP contribution in [-0.2, 0) is 9.53 Å². The molecule has 0 bridgehead atoms. The molecule has 20 heavy (non-hydrogen) atoms. The SMILES string of the molecule is COC(=O)c1ccc(C(C)CC(=O)NC2CCC2)cc1. The van der Waals surface area contributed by atoms with Gasteiger partial charge in [0.2, 0.25) is 5.91 Å². The van der Waals surface area contributed by atoms with Gasteiger partial charge in [0.25, 0.3) is 0 Å². The first-order chi connectivity index (χ1) is 9.60. The minimum atomic E-state index is -0.341. The maximum absolute atomic E-state index is 11.9. The molecule has 1 aromatic carbocycles. The van der Waals surface area contributed by atoms with Crippen molar-refractivity contribution in [3.05, 3.63) is 35.4 Å². The number of nitrogens with one attached hydrogen (secondary N) is 1. The van der Waals surface area contributed by atoms with Crippen molar-refractivity contribution in [2.75, 3.05) is 7.11 Å². The van der Waals surface area contributed by atoms with Crippen molar-refractivity contribution in [3.8, 4) is 0 Å². The third kappa shape index (κ3) is 3.59. The van der Waals surface area contributed by atoms with E-state index in [1.54, 1.807) is 12.1 Å². The topological polar surface area (TPSA) is 55.4 Å². The fraction of sp³-hybridized carbons (Fsp3) is 0.500. The second-order valence-corrected chi connectivity index (χ2v) is 5.41. The number of amides is 1. The summed E-state index contributed by atoms with van der Waals surface area (Å²) in [5.41, 5.74) is 1.59. The van der Waals surface area contributed by atoms with Crippen molar-refractivity contribution in [1.29, 1.82) is 0 Å². The van der Waals surface area contributed by atoms with Crippen LogP contribution >= 0.6 is 0 Å². The van der Waals surface area contributed by atoms with Crippen molar-refractivity contribution in [2.45, 2.75) is 44.6 Å². The highest BCUT2D eigenvalue weighted by Gasteiger charge is 2.20. The Balaban J connectivity index is 1.89. The molecule has 0 radical (unpaired) electrons. The van der Waals surface area contributed by atoms with Gasteiger partial charge in [-0.15, -0.1) is 0 Å². The van der Waals surface area contributed by atoms with E-state index < -0.39 is 0 Å². The molecule has 4 nitrogen and oxygen atoms in total. The van der Waals surface area contributed by atoms with Crippen LogP contribution in [0.25, 0.3) is 0 Å². The van der Waals surface area contributed by atoms with Crippen molar-refractivity contribution in [2.24, 2.45) is 0 Å². The van der Waals surface area contributed by atoms with Gasteiger partial charge in [0, 0.05) is 12.5 Å². The lowest BCUT2D eigenvalue weighted by Crippen LogP contribution is -2.39. The minimum absolute atomic E-state index is 0.110. The van der Waals surface area contributed by atoms with E-state index in [2.05, 4.69) is 10.1 Å². The molecule has 108 valence electrons. The van der Waals surface area contributed by atoms with Crippen molar-refractivity contribution < 1.29 is 14.3 Å². The monoisotopic (exact) mass is 275 g/mol. The molecule has 1 unspecified atom stereocenters. The highest BCUT2D eigenvalue weighted by Crippen LogP contribution is 2.22. The number of methoxy groups -OCH3 is 1. The molecule has 1 atom stereocenters. The first kappa shape index (κ1) is 14.6. The molecular formula is C16H21NO3. The average molecular weight is 275 g/mol. The van der Waals surface area contributed by atoms with E-state index in [9.17, 15) is 9.59 Å². The van der Waals surface area contributed by atoms with E-state index in [1.165, 1.54) is 13.5 Å². The normalized spacial score (nSPS) is 16.1. The highest BCUT2D eigenvalue weighted by molar-refractivity contribution is 5.89. The molecule has 1 N–H and O–H groups in total. The Morgan fingerprint density at radius 2 is 1.95 bits per heavy atom. The number of esters is 1. The molecule has 0 spiro atoms.